The Hall–Kier alpha value is -1.30. The number of nitrogens with zero attached hydrogens (tertiary/aromatic N) is 1. The lowest BCUT2D eigenvalue weighted by atomic mass is 9.83. The lowest BCUT2D eigenvalue weighted by Gasteiger charge is -2.34. The fraction of sp³-hybridized carbons (Fsp3) is 0.900. The van der Waals surface area contributed by atoms with Gasteiger partial charge in [0.25, 0.3) is 0 Å². The molecular formula is C20H38N4O2. The maximum Gasteiger partial charge on any atom is 0.317 e. The second-order valence-electron chi connectivity index (χ2n) is 8.55. The van der Waals surface area contributed by atoms with Gasteiger partial charge in [-0.25, -0.2) is 4.79 Å². The first-order valence-electron chi connectivity index (χ1n) is 10.5. The number of likely N-dealkylation sites (tertiary alicyclic amines) is 1. The number of hydrogen-bond acceptors (Lipinski definition) is 3. The van der Waals surface area contributed by atoms with Crippen LogP contribution in [0.25, 0.3) is 0 Å². The normalized spacial score (nSPS) is 22.9. The summed E-state index contributed by atoms with van der Waals surface area (Å²) in [6.45, 7) is 6.85. The van der Waals surface area contributed by atoms with Crippen molar-refractivity contribution < 1.29 is 9.59 Å². The van der Waals surface area contributed by atoms with E-state index in [0.29, 0.717) is 37.9 Å². The molecule has 0 aromatic rings. The van der Waals surface area contributed by atoms with Gasteiger partial charge in [-0.2, -0.15) is 0 Å². The third kappa shape index (κ3) is 6.78. The summed E-state index contributed by atoms with van der Waals surface area (Å²) < 4.78 is 0. The molecule has 0 radical (unpaired) electrons. The molecule has 3 amide bonds. The van der Waals surface area contributed by atoms with Gasteiger partial charge in [0.15, 0.2) is 0 Å². The lowest BCUT2D eigenvalue weighted by molar-refractivity contribution is -0.123. The molecule has 2 rings (SSSR count). The third-order valence-corrected chi connectivity index (χ3v) is 5.76. The average molecular weight is 367 g/mol. The number of piperidine rings is 1. The van der Waals surface area contributed by atoms with Crippen molar-refractivity contribution in [2.24, 2.45) is 23.5 Å². The molecule has 6 heteroatoms. The number of amides is 3. The van der Waals surface area contributed by atoms with E-state index in [2.05, 4.69) is 24.5 Å². The minimum Gasteiger partial charge on any atom is -0.352 e. The molecular weight excluding hydrogens is 328 g/mol. The maximum atomic E-state index is 12.5. The Morgan fingerprint density at radius 2 is 1.85 bits per heavy atom. The second kappa shape index (κ2) is 10.8. The molecule has 1 aliphatic heterocycles. The van der Waals surface area contributed by atoms with Crippen molar-refractivity contribution in [3.8, 4) is 0 Å². The number of rotatable bonds is 7. The predicted octanol–water partition coefficient (Wildman–Crippen LogP) is 2.48. The summed E-state index contributed by atoms with van der Waals surface area (Å²) >= 11 is 0. The number of urea groups is 1. The zero-order valence-corrected chi connectivity index (χ0v) is 16.6. The Morgan fingerprint density at radius 3 is 2.50 bits per heavy atom. The fourth-order valence-electron chi connectivity index (χ4n) is 4.25. The van der Waals surface area contributed by atoms with E-state index in [1.165, 1.54) is 32.1 Å². The minimum atomic E-state index is 0.00542. The molecule has 1 aliphatic carbocycles. The molecule has 150 valence electrons. The number of carbonyl (C=O) groups is 2. The van der Waals surface area contributed by atoms with Crippen LogP contribution in [0.3, 0.4) is 0 Å². The molecule has 1 saturated carbocycles. The molecule has 1 saturated heterocycles. The fourth-order valence-corrected chi connectivity index (χ4v) is 4.25. The Kier molecular flexibility index (Phi) is 8.69. The van der Waals surface area contributed by atoms with Gasteiger partial charge in [-0.1, -0.05) is 33.1 Å². The number of carbonyl (C=O) groups excluding carboxylic acids is 2. The zero-order valence-electron chi connectivity index (χ0n) is 16.6. The summed E-state index contributed by atoms with van der Waals surface area (Å²) in [5, 5.41) is 6.16. The summed E-state index contributed by atoms with van der Waals surface area (Å²) in [5.74, 6) is 1.32. The third-order valence-electron chi connectivity index (χ3n) is 5.76. The number of nitrogens with two attached hydrogens (primary N) is 1. The Balaban J connectivity index is 1.77. The van der Waals surface area contributed by atoms with E-state index in [0.717, 1.165) is 19.4 Å². The SMILES string of the molecule is CC(C)CNC(=O)N1CCCC(CC(=O)NC(CN)C2CCCCC2)C1. The quantitative estimate of drug-likeness (QED) is 0.647. The van der Waals surface area contributed by atoms with Crippen LogP contribution in [-0.4, -0.2) is 49.1 Å². The van der Waals surface area contributed by atoms with Crippen LogP contribution >= 0.6 is 0 Å². The molecule has 2 fully saturated rings. The lowest BCUT2D eigenvalue weighted by Crippen LogP contribution is -2.49. The van der Waals surface area contributed by atoms with Crippen molar-refractivity contribution in [3.63, 3.8) is 0 Å². The largest absolute Gasteiger partial charge is 0.352 e. The van der Waals surface area contributed by atoms with E-state index in [4.69, 9.17) is 5.73 Å². The van der Waals surface area contributed by atoms with Crippen LogP contribution in [0.2, 0.25) is 0 Å². The summed E-state index contributed by atoms with van der Waals surface area (Å²) in [5.41, 5.74) is 5.93. The minimum absolute atomic E-state index is 0.00542. The highest BCUT2D eigenvalue weighted by molar-refractivity contribution is 5.77. The Morgan fingerprint density at radius 1 is 1.12 bits per heavy atom. The molecule has 2 unspecified atom stereocenters. The van der Waals surface area contributed by atoms with Gasteiger partial charge in [0, 0.05) is 38.6 Å². The van der Waals surface area contributed by atoms with Crippen LogP contribution in [0.4, 0.5) is 4.79 Å². The van der Waals surface area contributed by atoms with Crippen LogP contribution < -0.4 is 16.4 Å². The van der Waals surface area contributed by atoms with Crippen molar-refractivity contribution >= 4 is 11.9 Å². The first kappa shape index (κ1) is 21.0. The van der Waals surface area contributed by atoms with Crippen molar-refractivity contribution in [1.82, 2.24) is 15.5 Å². The summed E-state index contributed by atoms with van der Waals surface area (Å²) in [4.78, 5) is 26.7. The van der Waals surface area contributed by atoms with Crippen LogP contribution in [-0.2, 0) is 4.79 Å². The van der Waals surface area contributed by atoms with E-state index in [1.807, 2.05) is 4.90 Å². The molecule has 6 nitrogen and oxygen atoms in total. The highest BCUT2D eigenvalue weighted by atomic mass is 16.2. The van der Waals surface area contributed by atoms with Gasteiger partial charge < -0.3 is 21.3 Å². The molecule has 2 aliphatic rings. The van der Waals surface area contributed by atoms with Crippen LogP contribution in [0.1, 0.15) is 65.2 Å². The van der Waals surface area contributed by atoms with Crippen LogP contribution in [0, 0.1) is 17.8 Å². The molecule has 26 heavy (non-hydrogen) atoms. The first-order valence-corrected chi connectivity index (χ1v) is 10.5. The van der Waals surface area contributed by atoms with Gasteiger partial charge in [-0.15, -0.1) is 0 Å². The Bertz CT molecular complexity index is 449. The molecule has 1 heterocycles. The van der Waals surface area contributed by atoms with Gasteiger partial charge in [0.2, 0.25) is 5.91 Å². The summed E-state index contributed by atoms with van der Waals surface area (Å²) in [6, 6.07) is 0.114. The van der Waals surface area contributed by atoms with Crippen molar-refractivity contribution in [2.45, 2.75) is 71.3 Å². The highest BCUT2D eigenvalue weighted by Crippen LogP contribution is 2.26. The zero-order chi connectivity index (χ0) is 18.9. The molecule has 0 aromatic carbocycles. The Labute approximate surface area is 158 Å². The van der Waals surface area contributed by atoms with Gasteiger partial charge in [-0.05, 0) is 43.4 Å². The van der Waals surface area contributed by atoms with E-state index in [1.54, 1.807) is 0 Å². The van der Waals surface area contributed by atoms with E-state index in [-0.39, 0.29) is 23.9 Å². The van der Waals surface area contributed by atoms with Crippen LogP contribution in [0.5, 0.6) is 0 Å². The van der Waals surface area contributed by atoms with E-state index < -0.39 is 0 Å². The van der Waals surface area contributed by atoms with Crippen LogP contribution in [0.15, 0.2) is 0 Å². The monoisotopic (exact) mass is 366 g/mol. The smallest absolute Gasteiger partial charge is 0.317 e. The van der Waals surface area contributed by atoms with E-state index in [9.17, 15) is 9.59 Å². The summed E-state index contributed by atoms with van der Waals surface area (Å²) in [7, 11) is 0. The molecule has 4 N–H and O–H groups in total. The molecule has 0 spiro atoms. The van der Waals surface area contributed by atoms with Gasteiger partial charge in [0.05, 0.1) is 0 Å². The number of nitrogens with one attached hydrogen (secondary N) is 2. The van der Waals surface area contributed by atoms with Gasteiger partial charge in [-0.3, -0.25) is 4.79 Å². The van der Waals surface area contributed by atoms with Gasteiger partial charge in [0.1, 0.15) is 0 Å². The second-order valence-corrected chi connectivity index (χ2v) is 8.55. The highest BCUT2D eigenvalue weighted by Gasteiger charge is 2.28. The summed E-state index contributed by atoms with van der Waals surface area (Å²) in [6.07, 6.45) is 8.63. The predicted molar refractivity (Wildman–Crippen MR) is 105 cm³/mol. The van der Waals surface area contributed by atoms with E-state index >= 15 is 0 Å². The maximum absolute atomic E-state index is 12.5. The molecule has 2 atom stereocenters. The topological polar surface area (TPSA) is 87.5 Å². The molecule has 0 bridgehead atoms. The standard InChI is InChI=1S/C20H38N4O2/c1-15(2)13-22-20(26)24-10-6-7-16(14-24)11-19(25)23-18(12-21)17-8-4-3-5-9-17/h15-18H,3-14,21H2,1-2H3,(H,22,26)(H,23,25). The molecule has 0 aromatic heterocycles. The van der Waals surface area contributed by atoms with Crippen molar-refractivity contribution in [2.75, 3.05) is 26.2 Å². The number of hydrogen-bond donors (Lipinski definition) is 3. The average Bonchev–Trinajstić information content (AvgIpc) is 2.65. The van der Waals surface area contributed by atoms with Crippen molar-refractivity contribution in [3.05, 3.63) is 0 Å². The first-order chi connectivity index (χ1) is 12.5. The van der Waals surface area contributed by atoms with Gasteiger partial charge >= 0.3 is 6.03 Å². The van der Waals surface area contributed by atoms with Crippen molar-refractivity contribution in [1.29, 1.82) is 0 Å².